The Morgan fingerprint density at radius 3 is 2.85 bits per heavy atom. The Labute approximate surface area is 160 Å². The molecule has 144 valence electrons. The van der Waals surface area contributed by atoms with E-state index in [2.05, 4.69) is 22.3 Å². The van der Waals surface area contributed by atoms with Crippen LogP contribution in [0.5, 0.6) is 5.75 Å². The van der Waals surface area contributed by atoms with Crippen molar-refractivity contribution in [1.82, 2.24) is 10.2 Å². The average molecular weight is 369 g/mol. The fraction of sp³-hybridized carbons (Fsp3) is 0.429. The molecule has 3 rings (SSSR count). The fourth-order valence-electron chi connectivity index (χ4n) is 3.26. The first-order chi connectivity index (χ1) is 13.2. The molecule has 1 aliphatic rings. The molecule has 2 aromatic rings. The highest BCUT2D eigenvalue weighted by Gasteiger charge is 2.11. The van der Waals surface area contributed by atoms with Gasteiger partial charge < -0.3 is 15.3 Å². The van der Waals surface area contributed by atoms with Crippen LogP contribution in [0.3, 0.4) is 0 Å². The van der Waals surface area contributed by atoms with Crippen molar-refractivity contribution >= 4 is 5.91 Å². The van der Waals surface area contributed by atoms with Crippen LogP contribution in [0.25, 0.3) is 0 Å². The van der Waals surface area contributed by atoms with Crippen LogP contribution in [0.15, 0.2) is 48.8 Å². The topological polar surface area (TPSA) is 68.5 Å². The van der Waals surface area contributed by atoms with E-state index in [1.807, 2.05) is 12.1 Å². The van der Waals surface area contributed by atoms with Crippen LogP contribution in [0.4, 0.5) is 0 Å². The number of nitrogens with zero attached hydrogens (tertiary/aromatic N) is 2. The van der Waals surface area contributed by atoms with Gasteiger partial charge in [-0.2, -0.15) is 4.73 Å². The predicted molar refractivity (Wildman–Crippen MR) is 103 cm³/mol. The van der Waals surface area contributed by atoms with Gasteiger partial charge in [-0.25, -0.2) is 0 Å². The molecule has 0 saturated carbocycles. The van der Waals surface area contributed by atoms with Crippen molar-refractivity contribution < 1.29 is 14.3 Å². The Hall–Kier alpha value is -2.60. The van der Waals surface area contributed by atoms with E-state index >= 15 is 0 Å². The highest BCUT2D eigenvalue weighted by molar-refractivity contribution is 5.93. The highest BCUT2D eigenvalue weighted by Crippen LogP contribution is 2.17. The lowest BCUT2D eigenvalue weighted by atomic mass is 10.1. The maximum atomic E-state index is 12.0. The third-order valence-corrected chi connectivity index (χ3v) is 4.67. The van der Waals surface area contributed by atoms with Crippen molar-refractivity contribution in [3.05, 3.63) is 65.1 Å². The maximum absolute atomic E-state index is 12.0. The number of likely N-dealkylation sites (tertiary alicyclic amines) is 1. The summed E-state index contributed by atoms with van der Waals surface area (Å²) in [5.74, 6) is 0.620. The number of pyridine rings is 1. The molecular formula is C21H27N3O3. The summed E-state index contributed by atoms with van der Waals surface area (Å²) in [5, 5.41) is 14.0. The molecular weight excluding hydrogens is 342 g/mol. The molecule has 0 atom stereocenters. The molecule has 0 bridgehead atoms. The van der Waals surface area contributed by atoms with E-state index in [1.54, 1.807) is 12.1 Å². The molecule has 1 saturated heterocycles. The zero-order chi connectivity index (χ0) is 18.9. The molecule has 1 aromatic carbocycles. The second-order valence-electron chi connectivity index (χ2n) is 6.89. The van der Waals surface area contributed by atoms with Crippen molar-refractivity contribution in [2.75, 3.05) is 26.2 Å². The lowest BCUT2D eigenvalue weighted by molar-refractivity contribution is -0.605. The molecule has 0 radical (unpaired) electrons. The number of hydrogen-bond acceptors (Lipinski definition) is 4. The van der Waals surface area contributed by atoms with Crippen molar-refractivity contribution in [3.63, 3.8) is 0 Å². The third-order valence-electron chi connectivity index (χ3n) is 4.67. The largest absolute Gasteiger partial charge is 0.619 e. The number of amides is 1. The fourth-order valence-corrected chi connectivity index (χ4v) is 3.26. The van der Waals surface area contributed by atoms with Crippen LogP contribution in [-0.4, -0.2) is 37.0 Å². The van der Waals surface area contributed by atoms with Gasteiger partial charge in [0.1, 0.15) is 11.3 Å². The average Bonchev–Trinajstić information content (AvgIpc) is 2.69. The standard InChI is InChI=1S/C21H27N3O3/c25-21(19-8-5-13-24(26)17-19)22-10-6-14-27-20-9-4-7-18(15-20)16-23-11-2-1-3-12-23/h4-5,7-9,13,15,17H,1-3,6,10-12,14,16H2,(H,22,25). The first kappa shape index (κ1) is 19.2. The molecule has 6 nitrogen and oxygen atoms in total. The summed E-state index contributed by atoms with van der Waals surface area (Å²) in [5.41, 5.74) is 1.64. The molecule has 1 aromatic heterocycles. The molecule has 1 fully saturated rings. The van der Waals surface area contributed by atoms with Crippen LogP contribution >= 0.6 is 0 Å². The molecule has 1 amide bonds. The van der Waals surface area contributed by atoms with Gasteiger partial charge in [-0.05, 0) is 56.1 Å². The number of aromatic nitrogens is 1. The minimum Gasteiger partial charge on any atom is -0.619 e. The molecule has 0 spiro atoms. The molecule has 27 heavy (non-hydrogen) atoms. The Balaban J connectivity index is 1.37. The first-order valence-corrected chi connectivity index (χ1v) is 9.62. The minimum absolute atomic E-state index is 0.247. The molecule has 1 aliphatic heterocycles. The van der Waals surface area contributed by atoms with Gasteiger partial charge >= 0.3 is 0 Å². The van der Waals surface area contributed by atoms with Crippen molar-refractivity contribution in [1.29, 1.82) is 0 Å². The van der Waals surface area contributed by atoms with Crippen LogP contribution in [-0.2, 0) is 6.54 Å². The zero-order valence-corrected chi connectivity index (χ0v) is 15.6. The lowest BCUT2D eigenvalue weighted by Gasteiger charge is -2.26. The van der Waals surface area contributed by atoms with Gasteiger partial charge in [0.05, 0.1) is 6.61 Å². The monoisotopic (exact) mass is 369 g/mol. The smallest absolute Gasteiger partial charge is 0.257 e. The van der Waals surface area contributed by atoms with E-state index in [-0.39, 0.29) is 5.91 Å². The van der Waals surface area contributed by atoms with E-state index in [1.165, 1.54) is 50.3 Å². The molecule has 0 aliphatic carbocycles. The second-order valence-corrected chi connectivity index (χ2v) is 6.89. The number of hydrogen-bond donors (Lipinski definition) is 1. The Morgan fingerprint density at radius 2 is 2.04 bits per heavy atom. The summed E-state index contributed by atoms with van der Waals surface area (Å²) >= 11 is 0. The van der Waals surface area contributed by atoms with Gasteiger partial charge in [0.2, 0.25) is 0 Å². The Morgan fingerprint density at radius 1 is 1.19 bits per heavy atom. The van der Waals surface area contributed by atoms with Gasteiger partial charge in [-0.1, -0.05) is 18.6 Å². The van der Waals surface area contributed by atoms with Gasteiger partial charge in [0.15, 0.2) is 12.4 Å². The number of piperidine rings is 1. The quantitative estimate of drug-likeness (QED) is 0.441. The summed E-state index contributed by atoms with van der Waals surface area (Å²) in [6, 6.07) is 11.4. The van der Waals surface area contributed by atoms with Crippen LogP contribution in [0.2, 0.25) is 0 Å². The van der Waals surface area contributed by atoms with Gasteiger partial charge in [-0.3, -0.25) is 9.69 Å². The molecule has 0 unspecified atom stereocenters. The molecule has 6 heteroatoms. The number of nitrogens with one attached hydrogen (secondary N) is 1. The first-order valence-electron chi connectivity index (χ1n) is 9.62. The summed E-state index contributed by atoms with van der Waals surface area (Å²) < 4.78 is 6.44. The predicted octanol–water partition coefficient (Wildman–Crippen LogP) is 2.50. The molecule has 2 heterocycles. The van der Waals surface area contributed by atoms with Crippen molar-refractivity contribution in [3.8, 4) is 5.75 Å². The number of benzene rings is 1. The number of carbonyl (C=O) groups is 1. The van der Waals surface area contributed by atoms with Gasteiger partial charge in [0.25, 0.3) is 5.91 Å². The lowest BCUT2D eigenvalue weighted by Crippen LogP contribution is -2.30. The summed E-state index contributed by atoms with van der Waals surface area (Å²) in [6.45, 7) is 4.37. The highest BCUT2D eigenvalue weighted by atomic mass is 16.5. The van der Waals surface area contributed by atoms with Gasteiger partial charge in [-0.15, -0.1) is 0 Å². The Kier molecular flexibility index (Phi) is 7.04. The SMILES string of the molecule is O=C(NCCCOc1cccc(CN2CCCCC2)c1)c1ccc[n+]([O-])c1. The summed E-state index contributed by atoms with van der Waals surface area (Å²) in [4.78, 5) is 14.4. The van der Waals surface area contributed by atoms with Crippen LogP contribution < -0.4 is 14.8 Å². The van der Waals surface area contributed by atoms with Crippen LogP contribution in [0, 0.1) is 5.21 Å². The van der Waals surface area contributed by atoms with Crippen molar-refractivity contribution in [2.24, 2.45) is 0 Å². The van der Waals surface area contributed by atoms with E-state index in [4.69, 9.17) is 4.74 Å². The van der Waals surface area contributed by atoms with Crippen LogP contribution in [0.1, 0.15) is 41.6 Å². The number of carbonyl (C=O) groups excluding carboxylic acids is 1. The normalized spacial score (nSPS) is 14.7. The second kappa shape index (κ2) is 9.92. The van der Waals surface area contributed by atoms with E-state index < -0.39 is 0 Å². The van der Waals surface area contributed by atoms with Gasteiger partial charge in [0, 0.05) is 19.2 Å². The van der Waals surface area contributed by atoms with E-state index in [0.717, 1.165) is 12.3 Å². The summed E-state index contributed by atoms with van der Waals surface area (Å²) in [7, 11) is 0. The number of rotatable bonds is 8. The summed E-state index contributed by atoms with van der Waals surface area (Å²) in [6.07, 6.45) is 7.24. The van der Waals surface area contributed by atoms with Crippen molar-refractivity contribution in [2.45, 2.75) is 32.2 Å². The third kappa shape index (κ3) is 6.25. The number of ether oxygens (including phenoxy) is 1. The maximum Gasteiger partial charge on any atom is 0.257 e. The van der Waals surface area contributed by atoms with E-state index in [9.17, 15) is 10.0 Å². The molecule has 1 N–H and O–H groups in total. The minimum atomic E-state index is -0.247. The Bertz CT molecular complexity index is 745. The zero-order valence-electron chi connectivity index (χ0n) is 15.6. The van der Waals surface area contributed by atoms with E-state index in [0.29, 0.717) is 29.9 Å².